The van der Waals surface area contributed by atoms with Crippen LogP contribution in [0.2, 0.25) is 0 Å². The van der Waals surface area contributed by atoms with Crippen molar-refractivity contribution in [3.8, 4) is 33.8 Å². The maximum atomic E-state index is 4.87. The first kappa shape index (κ1) is 16.6. The number of rotatable bonds is 3. The Bertz CT molecular complexity index is 1480. The summed E-state index contributed by atoms with van der Waals surface area (Å²) in [4.78, 5) is 21.0. The number of hydrogen-bond donors (Lipinski definition) is 2. The summed E-state index contributed by atoms with van der Waals surface area (Å²) in [5.41, 5.74) is 7.44. The maximum absolute atomic E-state index is 4.87. The number of pyridine rings is 3. The van der Waals surface area contributed by atoms with Crippen molar-refractivity contribution in [2.24, 2.45) is 0 Å². The third-order valence-corrected chi connectivity index (χ3v) is 5.15. The summed E-state index contributed by atoms with van der Waals surface area (Å²) in [5, 5.41) is 8.63. The summed E-state index contributed by atoms with van der Waals surface area (Å²) in [6.45, 7) is 0. The fourth-order valence-corrected chi connectivity index (χ4v) is 3.69. The summed E-state index contributed by atoms with van der Waals surface area (Å²) in [6, 6.07) is 14.1. The van der Waals surface area contributed by atoms with Gasteiger partial charge >= 0.3 is 0 Å². The molecule has 0 unspecified atom stereocenters. The quantitative estimate of drug-likeness (QED) is 0.460. The van der Waals surface area contributed by atoms with Crippen molar-refractivity contribution < 1.29 is 0 Å². The van der Waals surface area contributed by atoms with Crippen LogP contribution in [-0.2, 0) is 0 Å². The number of H-pyrrole nitrogens is 2. The highest BCUT2D eigenvalue weighted by molar-refractivity contribution is 5.97. The van der Waals surface area contributed by atoms with Crippen molar-refractivity contribution in [3.63, 3.8) is 0 Å². The van der Waals surface area contributed by atoms with Crippen molar-refractivity contribution in [1.82, 2.24) is 35.1 Å². The van der Waals surface area contributed by atoms with Crippen molar-refractivity contribution in [2.75, 3.05) is 0 Å². The first-order valence-corrected chi connectivity index (χ1v) is 9.50. The van der Waals surface area contributed by atoms with Crippen molar-refractivity contribution in [2.45, 2.75) is 0 Å². The molecule has 142 valence electrons. The molecule has 6 aromatic rings. The van der Waals surface area contributed by atoms with Gasteiger partial charge in [0.25, 0.3) is 0 Å². The zero-order chi connectivity index (χ0) is 19.9. The van der Waals surface area contributed by atoms with E-state index in [2.05, 4.69) is 42.3 Å². The Labute approximate surface area is 170 Å². The van der Waals surface area contributed by atoms with Gasteiger partial charge in [-0.25, -0.2) is 4.98 Å². The minimum Gasteiger partial charge on any atom is -0.335 e. The molecule has 0 saturated heterocycles. The van der Waals surface area contributed by atoms with Gasteiger partial charge in [-0.3, -0.25) is 20.1 Å². The molecule has 5 aromatic heterocycles. The van der Waals surface area contributed by atoms with Crippen molar-refractivity contribution in [1.29, 1.82) is 0 Å². The Hall–Kier alpha value is -4.39. The molecule has 0 fully saturated rings. The second-order valence-corrected chi connectivity index (χ2v) is 6.98. The Morgan fingerprint density at radius 1 is 0.700 bits per heavy atom. The highest BCUT2D eigenvalue weighted by Gasteiger charge is 2.16. The van der Waals surface area contributed by atoms with E-state index in [0.717, 1.165) is 49.9 Å². The lowest BCUT2D eigenvalue weighted by Gasteiger charge is -2.01. The van der Waals surface area contributed by atoms with Crippen LogP contribution in [0.4, 0.5) is 0 Å². The van der Waals surface area contributed by atoms with E-state index < -0.39 is 0 Å². The molecular weight excluding hydrogens is 374 g/mol. The van der Waals surface area contributed by atoms with E-state index in [9.17, 15) is 0 Å². The van der Waals surface area contributed by atoms with Crippen LogP contribution in [-0.4, -0.2) is 35.1 Å². The van der Waals surface area contributed by atoms with E-state index >= 15 is 0 Å². The number of imidazole rings is 1. The molecule has 30 heavy (non-hydrogen) atoms. The average Bonchev–Trinajstić information content (AvgIpc) is 3.43. The highest BCUT2D eigenvalue weighted by Crippen LogP contribution is 2.32. The molecule has 0 amide bonds. The Morgan fingerprint density at radius 3 is 2.33 bits per heavy atom. The zero-order valence-corrected chi connectivity index (χ0v) is 15.7. The van der Waals surface area contributed by atoms with Gasteiger partial charge in [0.15, 0.2) is 5.82 Å². The van der Waals surface area contributed by atoms with Gasteiger partial charge in [-0.1, -0.05) is 18.2 Å². The van der Waals surface area contributed by atoms with Gasteiger partial charge in [0.1, 0.15) is 11.2 Å². The first-order valence-electron chi connectivity index (χ1n) is 9.50. The van der Waals surface area contributed by atoms with Crippen LogP contribution in [0.5, 0.6) is 0 Å². The molecule has 7 heteroatoms. The molecular formula is C23H15N7. The fourth-order valence-electron chi connectivity index (χ4n) is 3.69. The molecule has 0 saturated carbocycles. The van der Waals surface area contributed by atoms with E-state index in [1.807, 2.05) is 48.9 Å². The topological polar surface area (TPSA) is 96.0 Å². The predicted octanol–water partition coefficient (Wildman–Crippen LogP) is 4.63. The van der Waals surface area contributed by atoms with Crippen LogP contribution >= 0.6 is 0 Å². The number of aromatic amines is 2. The third-order valence-electron chi connectivity index (χ3n) is 5.15. The summed E-state index contributed by atoms with van der Waals surface area (Å²) < 4.78 is 0. The van der Waals surface area contributed by atoms with E-state index in [0.29, 0.717) is 5.82 Å². The molecule has 0 spiro atoms. The maximum Gasteiger partial charge on any atom is 0.159 e. The van der Waals surface area contributed by atoms with Gasteiger partial charge in [0.05, 0.1) is 17.2 Å². The van der Waals surface area contributed by atoms with Crippen molar-refractivity contribution in [3.05, 3.63) is 79.6 Å². The second kappa shape index (κ2) is 6.59. The predicted molar refractivity (Wildman–Crippen MR) is 115 cm³/mol. The molecule has 5 heterocycles. The summed E-state index contributed by atoms with van der Waals surface area (Å²) in [5.74, 6) is 0.692. The Balaban J connectivity index is 1.52. The minimum atomic E-state index is 0.692. The van der Waals surface area contributed by atoms with Gasteiger partial charge in [-0.2, -0.15) is 5.10 Å². The normalized spacial score (nSPS) is 11.3. The largest absolute Gasteiger partial charge is 0.335 e. The summed E-state index contributed by atoms with van der Waals surface area (Å²) in [6.07, 6.45) is 10.8. The van der Waals surface area contributed by atoms with Crippen LogP contribution < -0.4 is 0 Å². The van der Waals surface area contributed by atoms with E-state index in [4.69, 9.17) is 4.98 Å². The second-order valence-electron chi connectivity index (χ2n) is 6.98. The number of benzene rings is 1. The molecule has 0 aliphatic heterocycles. The Morgan fingerprint density at radius 2 is 1.53 bits per heavy atom. The number of aromatic nitrogens is 7. The Kier molecular flexibility index (Phi) is 3.64. The lowest BCUT2D eigenvalue weighted by Crippen LogP contribution is -1.84. The van der Waals surface area contributed by atoms with E-state index in [-0.39, 0.29) is 0 Å². The van der Waals surface area contributed by atoms with Crippen LogP contribution in [0, 0.1) is 0 Å². The lowest BCUT2D eigenvalue weighted by molar-refractivity contribution is 1.11. The smallest absolute Gasteiger partial charge is 0.159 e. The summed E-state index contributed by atoms with van der Waals surface area (Å²) in [7, 11) is 0. The van der Waals surface area contributed by atoms with Crippen LogP contribution in [0.1, 0.15) is 0 Å². The molecule has 0 radical (unpaired) electrons. The molecule has 0 aliphatic rings. The van der Waals surface area contributed by atoms with E-state index in [1.54, 1.807) is 18.6 Å². The SMILES string of the molecule is c1cncc(-c2ccc3[nH]nc(-c4nc5c(-c6cccnc6)cncc5[nH]4)c3c2)c1. The number of nitrogens with zero attached hydrogens (tertiary/aromatic N) is 5. The fraction of sp³-hybridized carbons (Fsp3) is 0. The molecule has 2 N–H and O–H groups in total. The molecule has 0 atom stereocenters. The molecule has 1 aromatic carbocycles. The molecule has 7 nitrogen and oxygen atoms in total. The number of nitrogens with one attached hydrogen (secondary N) is 2. The van der Waals surface area contributed by atoms with Crippen LogP contribution in [0.3, 0.4) is 0 Å². The van der Waals surface area contributed by atoms with Gasteiger partial charge < -0.3 is 4.98 Å². The number of fused-ring (bicyclic) bond motifs is 2. The molecule has 0 bridgehead atoms. The number of hydrogen-bond acceptors (Lipinski definition) is 5. The van der Waals surface area contributed by atoms with Gasteiger partial charge in [0.2, 0.25) is 0 Å². The highest BCUT2D eigenvalue weighted by atomic mass is 15.1. The van der Waals surface area contributed by atoms with Gasteiger partial charge in [-0.05, 0) is 29.8 Å². The zero-order valence-electron chi connectivity index (χ0n) is 15.7. The monoisotopic (exact) mass is 389 g/mol. The first-order chi connectivity index (χ1) is 14.9. The minimum absolute atomic E-state index is 0.692. The standard InChI is InChI=1S/C23H15N7/c1-3-15(10-24-7-1)14-5-6-19-17(9-14)22(30-29-19)23-27-20-13-26-12-18(21(20)28-23)16-4-2-8-25-11-16/h1-13H,(H,27,28)(H,29,30). The molecule has 6 rings (SSSR count). The van der Waals surface area contributed by atoms with Crippen LogP contribution in [0.25, 0.3) is 55.7 Å². The third kappa shape index (κ3) is 2.64. The van der Waals surface area contributed by atoms with Gasteiger partial charge in [-0.15, -0.1) is 0 Å². The van der Waals surface area contributed by atoms with Gasteiger partial charge in [0, 0.05) is 53.1 Å². The lowest BCUT2D eigenvalue weighted by atomic mass is 10.0. The van der Waals surface area contributed by atoms with Crippen molar-refractivity contribution >= 4 is 21.9 Å². The summed E-state index contributed by atoms with van der Waals surface area (Å²) >= 11 is 0. The molecule has 0 aliphatic carbocycles. The average molecular weight is 389 g/mol. The van der Waals surface area contributed by atoms with E-state index in [1.165, 1.54) is 0 Å². The van der Waals surface area contributed by atoms with Crippen LogP contribution in [0.15, 0.2) is 79.6 Å².